The van der Waals surface area contributed by atoms with Gasteiger partial charge < -0.3 is 35.5 Å². The summed E-state index contributed by atoms with van der Waals surface area (Å²) in [6.45, 7) is 6.90. The normalized spacial score (nSPS) is 28.8. The van der Waals surface area contributed by atoms with Gasteiger partial charge in [-0.05, 0) is 32.3 Å². The number of hydrogen-bond donors (Lipinski definition) is 2. The Morgan fingerprint density at radius 3 is 2.83 bits per heavy atom. The molecule has 4 N–H and O–H groups in total. The summed E-state index contributed by atoms with van der Waals surface area (Å²) in [7, 11) is 1.76. The van der Waals surface area contributed by atoms with Gasteiger partial charge in [0.2, 0.25) is 0 Å². The first-order valence-electron chi connectivity index (χ1n) is 12.8. The fraction of sp³-hybridized carbons (Fsp3) is 0.640. The van der Waals surface area contributed by atoms with Crippen molar-refractivity contribution in [2.24, 2.45) is 17.1 Å². The minimum atomic E-state index is 0.0725. The summed E-state index contributed by atoms with van der Waals surface area (Å²) < 4.78 is 17.4. The standard InChI is InChI=1S/C25H35N7O3S/c1-15-21(26)25(14-35-15)4-7-31(8-5-25)19-10-29-24(22(27)30-19)36-18-3-6-28-23-20(18)34-13-17-9-16(12-33-2)11-32(17)23/h3,6,10,15-17,21H,4-5,7-9,11-14,26H2,1-2H3,(H2,27,30)/t15-,16-,17-,21+/m0/s1. The lowest BCUT2D eigenvalue weighted by molar-refractivity contribution is 0.0974. The highest BCUT2D eigenvalue weighted by molar-refractivity contribution is 7.99. The summed E-state index contributed by atoms with van der Waals surface area (Å²) in [5.41, 5.74) is 12.9. The van der Waals surface area contributed by atoms with Gasteiger partial charge in [0, 0.05) is 50.3 Å². The Labute approximate surface area is 216 Å². The SMILES string of the molecule is COC[C@H]1C[C@H]2COc3c(Sc4ncc(N5CCC6(CC5)CO[C@@H](C)[C@H]6N)nc4N)ccnc3N2C1. The first-order valence-corrected chi connectivity index (χ1v) is 13.6. The number of aromatic nitrogens is 3. The molecule has 2 aromatic rings. The van der Waals surface area contributed by atoms with Crippen LogP contribution in [0.25, 0.3) is 0 Å². The van der Waals surface area contributed by atoms with Crippen molar-refractivity contribution in [1.29, 1.82) is 0 Å². The van der Waals surface area contributed by atoms with E-state index in [-0.39, 0.29) is 17.6 Å². The molecule has 194 valence electrons. The van der Waals surface area contributed by atoms with Crippen LogP contribution in [0.3, 0.4) is 0 Å². The van der Waals surface area contributed by atoms with E-state index in [1.165, 1.54) is 11.8 Å². The molecule has 6 heterocycles. The first-order chi connectivity index (χ1) is 17.5. The van der Waals surface area contributed by atoms with Crippen molar-refractivity contribution in [2.75, 3.05) is 62.1 Å². The third kappa shape index (κ3) is 4.15. The summed E-state index contributed by atoms with van der Waals surface area (Å²) in [6.07, 6.45) is 6.80. The lowest BCUT2D eigenvalue weighted by Crippen LogP contribution is -2.50. The van der Waals surface area contributed by atoms with E-state index in [0.29, 0.717) is 29.4 Å². The molecule has 0 saturated carbocycles. The van der Waals surface area contributed by atoms with Gasteiger partial charge in [0.1, 0.15) is 17.5 Å². The molecule has 0 amide bonds. The van der Waals surface area contributed by atoms with Gasteiger partial charge >= 0.3 is 0 Å². The molecule has 0 aromatic carbocycles. The second-order valence-electron chi connectivity index (χ2n) is 10.5. The second kappa shape index (κ2) is 9.51. The third-order valence-electron chi connectivity index (χ3n) is 8.33. The third-order valence-corrected chi connectivity index (χ3v) is 9.38. The number of anilines is 3. The van der Waals surface area contributed by atoms with E-state index in [9.17, 15) is 0 Å². The number of fused-ring (bicyclic) bond motifs is 3. The molecule has 0 aliphatic carbocycles. The van der Waals surface area contributed by atoms with Gasteiger partial charge in [-0.2, -0.15) is 0 Å². The molecule has 4 aliphatic rings. The van der Waals surface area contributed by atoms with Crippen LogP contribution < -0.4 is 26.0 Å². The number of pyridine rings is 1. The van der Waals surface area contributed by atoms with Crippen LogP contribution in [0, 0.1) is 11.3 Å². The van der Waals surface area contributed by atoms with E-state index in [4.69, 9.17) is 35.6 Å². The Hall–Kier alpha value is -2.34. The lowest BCUT2D eigenvalue weighted by Gasteiger charge is -2.41. The van der Waals surface area contributed by atoms with Gasteiger partial charge in [-0.15, -0.1) is 0 Å². The van der Waals surface area contributed by atoms with Crippen molar-refractivity contribution in [3.63, 3.8) is 0 Å². The van der Waals surface area contributed by atoms with Crippen LogP contribution in [0.2, 0.25) is 0 Å². The van der Waals surface area contributed by atoms with E-state index in [0.717, 1.165) is 74.4 Å². The lowest BCUT2D eigenvalue weighted by atomic mass is 9.73. The average molecular weight is 514 g/mol. The van der Waals surface area contributed by atoms with Crippen LogP contribution in [0.1, 0.15) is 26.2 Å². The van der Waals surface area contributed by atoms with Gasteiger partial charge in [-0.1, -0.05) is 11.8 Å². The second-order valence-corrected chi connectivity index (χ2v) is 11.6. The number of rotatable bonds is 5. The Bertz CT molecular complexity index is 1110. The number of nitrogens with two attached hydrogens (primary N) is 2. The zero-order chi connectivity index (χ0) is 24.9. The number of nitrogens with zero attached hydrogens (tertiary/aromatic N) is 5. The van der Waals surface area contributed by atoms with Crippen molar-refractivity contribution in [1.82, 2.24) is 15.0 Å². The molecule has 4 aliphatic heterocycles. The van der Waals surface area contributed by atoms with E-state index in [1.54, 1.807) is 7.11 Å². The zero-order valence-corrected chi connectivity index (χ0v) is 21.7. The molecular weight excluding hydrogens is 478 g/mol. The number of hydrogen-bond acceptors (Lipinski definition) is 11. The Kier molecular flexibility index (Phi) is 6.35. The van der Waals surface area contributed by atoms with Crippen LogP contribution in [-0.2, 0) is 9.47 Å². The van der Waals surface area contributed by atoms with Crippen molar-refractivity contribution in [3.05, 3.63) is 18.5 Å². The van der Waals surface area contributed by atoms with Gasteiger partial charge in [0.25, 0.3) is 0 Å². The molecular formula is C25H35N7O3S. The predicted octanol–water partition coefficient (Wildman–Crippen LogP) is 2.17. The highest BCUT2D eigenvalue weighted by atomic mass is 32.2. The van der Waals surface area contributed by atoms with Crippen molar-refractivity contribution in [3.8, 4) is 5.75 Å². The summed E-state index contributed by atoms with van der Waals surface area (Å²) in [5, 5.41) is 0.671. The fourth-order valence-electron chi connectivity index (χ4n) is 6.18. The monoisotopic (exact) mass is 513 g/mol. The Balaban J connectivity index is 1.16. The molecule has 0 unspecified atom stereocenters. The number of ether oxygens (including phenoxy) is 3. The molecule has 0 radical (unpaired) electrons. The smallest absolute Gasteiger partial charge is 0.175 e. The Morgan fingerprint density at radius 2 is 2.11 bits per heavy atom. The topological polar surface area (TPSA) is 125 Å². The molecule has 0 bridgehead atoms. The average Bonchev–Trinajstić information content (AvgIpc) is 3.43. The Morgan fingerprint density at radius 1 is 1.28 bits per heavy atom. The van der Waals surface area contributed by atoms with E-state index in [1.807, 2.05) is 18.5 Å². The quantitative estimate of drug-likeness (QED) is 0.611. The van der Waals surface area contributed by atoms with Gasteiger partial charge in [-0.25, -0.2) is 15.0 Å². The molecule has 4 atom stereocenters. The maximum atomic E-state index is 6.47. The minimum Gasteiger partial charge on any atom is -0.486 e. The summed E-state index contributed by atoms with van der Waals surface area (Å²) in [4.78, 5) is 19.6. The van der Waals surface area contributed by atoms with Crippen molar-refractivity contribution >= 4 is 29.2 Å². The van der Waals surface area contributed by atoms with Gasteiger partial charge in [-0.3, -0.25) is 0 Å². The predicted molar refractivity (Wildman–Crippen MR) is 139 cm³/mol. The number of nitrogen functional groups attached to an aromatic ring is 1. The van der Waals surface area contributed by atoms with Crippen molar-refractivity contribution in [2.45, 2.75) is 54.3 Å². The van der Waals surface area contributed by atoms with Crippen molar-refractivity contribution < 1.29 is 14.2 Å². The van der Waals surface area contributed by atoms with Crippen LogP contribution in [-0.4, -0.2) is 79.7 Å². The number of piperidine rings is 1. The van der Waals surface area contributed by atoms with Crippen LogP contribution in [0.4, 0.5) is 17.5 Å². The summed E-state index contributed by atoms with van der Waals surface area (Å²) in [6, 6.07) is 2.39. The minimum absolute atomic E-state index is 0.0725. The maximum Gasteiger partial charge on any atom is 0.175 e. The molecule has 11 heteroatoms. The van der Waals surface area contributed by atoms with Crippen LogP contribution in [0.5, 0.6) is 5.75 Å². The van der Waals surface area contributed by atoms with E-state index >= 15 is 0 Å². The molecule has 3 fully saturated rings. The summed E-state index contributed by atoms with van der Waals surface area (Å²) >= 11 is 1.48. The van der Waals surface area contributed by atoms with E-state index < -0.39 is 0 Å². The molecule has 6 rings (SSSR count). The molecule has 10 nitrogen and oxygen atoms in total. The number of methoxy groups -OCH3 is 1. The largest absolute Gasteiger partial charge is 0.486 e. The molecule has 36 heavy (non-hydrogen) atoms. The first kappa shape index (κ1) is 24.0. The maximum absolute atomic E-state index is 6.47. The van der Waals surface area contributed by atoms with Gasteiger partial charge in [0.15, 0.2) is 17.4 Å². The van der Waals surface area contributed by atoms with Gasteiger partial charge in [0.05, 0.1) is 36.5 Å². The molecule has 2 aromatic heterocycles. The highest BCUT2D eigenvalue weighted by Gasteiger charge is 2.47. The molecule has 3 saturated heterocycles. The zero-order valence-electron chi connectivity index (χ0n) is 20.9. The van der Waals surface area contributed by atoms with Crippen LogP contribution in [0.15, 0.2) is 28.4 Å². The van der Waals surface area contributed by atoms with Crippen LogP contribution >= 0.6 is 11.8 Å². The fourth-order valence-corrected chi connectivity index (χ4v) is 7.02. The highest BCUT2D eigenvalue weighted by Crippen LogP contribution is 2.46. The molecule has 1 spiro atoms. The van der Waals surface area contributed by atoms with E-state index in [2.05, 4.69) is 21.7 Å². The summed E-state index contributed by atoms with van der Waals surface area (Å²) in [5.74, 6) is 3.42.